The van der Waals surface area contributed by atoms with Crippen LogP contribution in [0, 0.1) is 31.3 Å². The topological polar surface area (TPSA) is 44.5 Å². The first-order valence-corrected chi connectivity index (χ1v) is 11.5. The number of benzene rings is 4. The van der Waals surface area contributed by atoms with Crippen LogP contribution in [0.1, 0.15) is 22.3 Å². The molecule has 32 heavy (non-hydrogen) atoms. The maximum absolute atomic E-state index is 5.84. The predicted molar refractivity (Wildman–Crippen MR) is 142 cm³/mol. The monoisotopic (exact) mass is 537 g/mol. The van der Waals surface area contributed by atoms with Gasteiger partial charge in [0.15, 0.2) is 0 Å². The molecule has 0 unspecified atom stereocenters. The van der Waals surface area contributed by atoms with E-state index in [1.54, 1.807) is 0 Å². The summed E-state index contributed by atoms with van der Waals surface area (Å²) in [5.41, 5.74) is 11.1. The number of ether oxygens (including phenoxy) is 2. The molecule has 2 N–H and O–H groups in total. The normalized spacial score (nSPS) is 10.2. The van der Waals surface area contributed by atoms with Crippen LogP contribution < -0.4 is 15.2 Å². The van der Waals surface area contributed by atoms with E-state index in [4.69, 9.17) is 15.2 Å². The second-order valence-corrected chi connectivity index (χ2v) is 9.01. The highest BCUT2D eigenvalue weighted by molar-refractivity contribution is 14.1. The van der Waals surface area contributed by atoms with E-state index in [0.717, 1.165) is 34.1 Å². The van der Waals surface area contributed by atoms with Gasteiger partial charge < -0.3 is 15.2 Å². The summed E-state index contributed by atoms with van der Waals surface area (Å²) in [6, 6.07) is 27.9. The molecule has 0 amide bonds. The lowest BCUT2D eigenvalue weighted by Crippen LogP contribution is -1.90. The van der Waals surface area contributed by atoms with Crippen LogP contribution in [0.2, 0.25) is 0 Å². The fourth-order valence-corrected chi connectivity index (χ4v) is 3.34. The maximum Gasteiger partial charge on any atom is 0.132 e. The van der Waals surface area contributed by atoms with Crippen LogP contribution in [0.25, 0.3) is 0 Å². The molecule has 4 rings (SSSR count). The van der Waals surface area contributed by atoms with Gasteiger partial charge in [-0.25, -0.2) is 0 Å². The molecule has 0 radical (unpaired) electrons. The minimum Gasteiger partial charge on any atom is -0.457 e. The van der Waals surface area contributed by atoms with Gasteiger partial charge >= 0.3 is 0 Å². The standard InChI is InChI=1S/C14H13IO.C14H15NO/c2*1-10-3-7-13(8-4-10)16-14-9-12(15)6-5-11(14)2/h3-9H,1-2H3;3-9H,15H2,1-2H3. The number of anilines is 1. The van der Waals surface area contributed by atoms with Gasteiger partial charge in [0.2, 0.25) is 0 Å². The number of hydrogen-bond donors (Lipinski definition) is 1. The zero-order chi connectivity index (χ0) is 23.1. The SMILES string of the molecule is Cc1ccc(Oc2cc(I)ccc2C)cc1.Cc1ccc(Oc2cc(N)ccc2C)cc1. The Morgan fingerprint density at radius 3 is 1.50 bits per heavy atom. The molecular formula is C28H28INO2. The first-order valence-electron chi connectivity index (χ1n) is 10.4. The summed E-state index contributed by atoms with van der Waals surface area (Å²) >= 11 is 2.29. The Kier molecular flexibility index (Phi) is 8.17. The minimum absolute atomic E-state index is 0.715. The molecule has 4 heteroatoms. The molecule has 0 aliphatic carbocycles. The van der Waals surface area contributed by atoms with E-state index in [1.165, 1.54) is 14.7 Å². The van der Waals surface area contributed by atoms with Crippen molar-refractivity contribution >= 4 is 28.3 Å². The number of nitrogens with two attached hydrogens (primary N) is 1. The lowest BCUT2D eigenvalue weighted by molar-refractivity contribution is 0.478. The summed E-state index contributed by atoms with van der Waals surface area (Å²) < 4.78 is 12.8. The Labute approximate surface area is 204 Å². The largest absolute Gasteiger partial charge is 0.457 e. The van der Waals surface area contributed by atoms with Crippen LogP contribution in [0.5, 0.6) is 23.0 Å². The van der Waals surface area contributed by atoms with E-state index < -0.39 is 0 Å². The first-order chi connectivity index (χ1) is 15.3. The highest BCUT2D eigenvalue weighted by Gasteiger charge is 2.03. The highest BCUT2D eigenvalue weighted by atomic mass is 127. The van der Waals surface area contributed by atoms with Crippen LogP contribution in [0.4, 0.5) is 5.69 Å². The van der Waals surface area contributed by atoms with Crippen molar-refractivity contribution in [2.75, 3.05) is 5.73 Å². The van der Waals surface area contributed by atoms with Crippen molar-refractivity contribution in [1.29, 1.82) is 0 Å². The molecule has 4 aromatic rings. The molecule has 0 aliphatic rings. The maximum atomic E-state index is 5.84. The molecule has 3 nitrogen and oxygen atoms in total. The molecule has 0 aliphatic heterocycles. The van der Waals surface area contributed by atoms with Gasteiger partial charge in [0.05, 0.1) is 0 Å². The van der Waals surface area contributed by atoms with Crippen molar-refractivity contribution in [3.8, 4) is 23.0 Å². The second-order valence-electron chi connectivity index (χ2n) is 7.76. The van der Waals surface area contributed by atoms with Gasteiger partial charge in [0.1, 0.15) is 23.0 Å². The van der Waals surface area contributed by atoms with E-state index in [1.807, 2.05) is 61.5 Å². The molecular weight excluding hydrogens is 509 g/mol. The smallest absolute Gasteiger partial charge is 0.132 e. The molecule has 4 aromatic carbocycles. The van der Waals surface area contributed by atoms with E-state index in [0.29, 0.717) is 5.69 Å². The molecule has 0 heterocycles. The van der Waals surface area contributed by atoms with E-state index in [2.05, 4.69) is 73.7 Å². The van der Waals surface area contributed by atoms with Gasteiger partial charge in [-0.1, -0.05) is 47.5 Å². The van der Waals surface area contributed by atoms with Gasteiger partial charge in [-0.05, 0) is 104 Å². The lowest BCUT2D eigenvalue weighted by Gasteiger charge is -2.09. The van der Waals surface area contributed by atoms with Crippen molar-refractivity contribution in [2.24, 2.45) is 0 Å². The molecule has 0 atom stereocenters. The fourth-order valence-electron chi connectivity index (χ4n) is 2.88. The van der Waals surface area contributed by atoms with Crippen molar-refractivity contribution in [3.63, 3.8) is 0 Å². The van der Waals surface area contributed by atoms with E-state index >= 15 is 0 Å². The lowest BCUT2D eigenvalue weighted by atomic mass is 10.2. The summed E-state index contributed by atoms with van der Waals surface area (Å²) in [6.45, 7) is 8.18. The molecule has 0 fully saturated rings. The average Bonchev–Trinajstić information content (AvgIpc) is 2.77. The third-order valence-corrected chi connectivity index (χ3v) is 5.53. The Bertz CT molecular complexity index is 1070. The molecule has 0 aromatic heterocycles. The predicted octanol–water partition coefficient (Wildman–Crippen LogP) is 8.38. The number of rotatable bonds is 4. The average molecular weight is 537 g/mol. The zero-order valence-electron chi connectivity index (χ0n) is 18.9. The zero-order valence-corrected chi connectivity index (χ0v) is 21.0. The van der Waals surface area contributed by atoms with Crippen LogP contribution in [0.3, 0.4) is 0 Å². The van der Waals surface area contributed by atoms with Crippen LogP contribution >= 0.6 is 22.6 Å². The molecule has 0 spiro atoms. The molecule has 0 saturated heterocycles. The Morgan fingerprint density at radius 1 is 0.562 bits per heavy atom. The Morgan fingerprint density at radius 2 is 1.00 bits per heavy atom. The summed E-state index contributed by atoms with van der Waals surface area (Å²) in [4.78, 5) is 0. The highest BCUT2D eigenvalue weighted by Crippen LogP contribution is 2.28. The summed E-state index contributed by atoms with van der Waals surface area (Å²) in [5, 5.41) is 0. The van der Waals surface area contributed by atoms with E-state index in [9.17, 15) is 0 Å². The van der Waals surface area contributed by atoms with E-state index in [-0.39, 0.29) is 0 Å². The van der Waals surface area contributed by atoms with Crippen LogP contribution in [0.15, 0.2) is 84.9 Å². The number of aryl methyl sites for hydroxylation is 4. The summed E-state index contributed by atoms with van der Waals surface area (Å²) in [6.07, 6.45) is 0. The Hall–Kier alpha value is -2.99. The molecule has 0 saturated carbocycles. The van der Waals surface area contributed by atoms with Gasteiger partial charge in [-0.15, -0.1) is 0 Å². The first kappa shape index (κ1) is 23.7. The van der Waals surface area contributed by atoms with Crippen molar-refractivity contribution in [2.45, 2.75) is 27.7 Å². The van der Waals surface area contributed by atoms with Gasteiger partial charge in [0, 0.05) is 15.3 Å². The van der Waals surface area contributed by atoms with Crippen molar-refractivity contribution < 1.29 is 9.47 Å². The number of halogens is 1. The number of hydrogen-bond acceptors (Lipinski definition) is 3. The fraction of sp³-hybridized carbons (Fsp3) is 0.143. The van der Waals surface area contributed by atoms with Gasteiger partial charge in [-0.2, -0.15) is 0 Å². The minimum atomic E-state index is 0.715. The Balaban J connectivity index is 0.000000181. The summed E-state index contributed by atoms with van der Waals surface area (Å²) in [5.74, 6) is 3.45. The van der Waals surface area contributed by atoms with Crippen molar-refractivity contribution in [1.82, 2.24) is 0 Å². The van der Waals surface area contributed by atoms with Crippen LogP contribution in [-0.4, -0.2) is 0 Å². The quantitative estimate of drug-likeness (QED) is 0.210. The van der Waals surface area contributed by atoms with Gasteiger partial charge in [0.25, 0.3) is 0 Å². The summed E-state index contributed by atoms with van der Waals surface area (Å²) in [7, 11) is 0. The molecule has 0 bridgehead atoms. The third-order valence-electron chi connectivity index (χ3n) is 4.86. The van der Waals surface area contributed by atoms with Gasteiger partial charge in [-0.3, -0.25) is 0 Å². The third kappa shape index (κ3) is 7.02. The van der Waals surface area contributed by atoms with Crippen LogP contribution in [-0.2, 0) is 0 Å². The number of nitrogen functional groups attached to an aromatic ring is 1. The molecule has 164 valence electrons. The second kappa shape index (κ2) is 11.0. The van der Waals surface area contributed by atoms with Crippen molar-refractivity contribution in [3.05, 3.63) is 111 Å².